The number of hydrogen-bond acceptors (Lipinski definition) is 3. The van der Waals surface area contributed by atoms with Crippen molar-refractivity contribution in [1.82, 2.24) is 0 Å². The third-order valence-electron chi connectivity index (χ3n) is 6.81. The smallest absolute Gasteiger partial charge is 0.332 e. The van der Waals surface area contributed by atoms with E-state index in [0.717, 1.165) is 48.5 Å². The Labute approximate surface area is 227 Å². The summed E-state index contributed by atoms with van der Waals surface area (Å²) in [5.41, 5.74) is 6.31. The molecule has 5 aromatic carbocycles. The molecule has 2 atom stereocenters. The van der Waals surface area contributed by atoms with Gasteiger partial charge in [-0.2, -0.15) is 0 Å². The van der Waals surface area contributed by atoms with Crippen LogP contribution in [0.15, 0.2) is 126 Å². The number of aliphatic carboxylic acids is 1. The van der Waals surface area contributed by atoms with E-state index in [-0.39, 0.29) is 0 Å². The highest BCUT2D eigenvalue weighted by molar-refractivity contribution is 7.80. The summed E-state index contributed by atoms with van der Waals surface area (Å²) in [5.74, 6) is -1.22. The summed E-state index contributed by atoms with van der Waals surface area (Å²) in [5, 5.41) is 12.0. The molecule has 0 aliphatic heterocycles. The minimum absolute atomic E-state index is 0.323. The van der Waals surface area contributed by atoms with Crippen molar-refractivity contribution in [3.05, 3.63) is 127 Å². The van der Waals surface area contributed by atoms with Gasteiger partial charge in [-0.25, -0.2) is 9.00 Å². The highest BCUT2D eigenvalue weighted by Crippen LogP contribution is 2.37. The lowest BCUT2D eigenvalue weighted by Gasteiger charge is -2.27. The molecule has 0 radical (unpaired) electrons. The van der Waals surface area contributed by atoms with Gasteiger partial charge in [-0.3, -0.25) is 8.86 Å². The van der Waals surface area contributed by atoms with Gasteiger partial charge in [-0.05, 0) is 40.5 Å². The van der Waals surface area contributed by atoms with E-state index in [1.807, 2.05) is 66.7 Å². The molecule has 192 valence electrons. The van der Waals surface area contributed by atoms with Gasteiger partial charge in [-0.1, -0.05) is 103 Å². The van der Waals surface area contributed by atoms with Crippen LogP contribution in [0.5, 0.6) is 0 Å². The van der Waals surface area contributed by atoms with Crippen molar-refractivity contribution in [2.75, 3.05) is 4.31 Å². The zero-order valence-electron chi connectivity index (χ0n) is 20.6. The van der Waals surface area contributed by atoms with E-state index in [1.54, 1.807) is 42.5 Å². The second kappa shape index (κ2) is 10.2. The second-order valence-corrected chi connectivity index (χ2v) is 9.97. The van der Waals surface area contributed by atoms with Crippen molar-refractivity contribution >= 4 is 44.9 Å². The maximum Gasteiger partial charge on any atom is 0.332 e. The zero-order chi connectivity index (χ0) is 26.9. The van der Waals surface area contributed by atoms with Crippen LogP contribution in [0.3, 0.4) is 0 Å². The number of nitrogens with zero attached hydrogens (tertiary/aromatic N) is 1. The first-order valence-corrected chi connectivity index (χ1v) is 13.4. The zero-order valence-corrected chi connectivity index (χ0v) is 21.4. The van der Waals surface area contributed by atoms with Crippen LogP contribution in [-0.2, 0) is 16.1 Å². The summed E-state index contributed by atoms with van der Waals surface area (Å²) < 4.78 is 29.5. The number of anilines is 1. The fourth-order valence-electron chi connectivity index (χ4n) is 4.96. The van der Waals surface area contributed by atoms with E-state index in [9.17, 15) is 18.7 Å². The van der Waals surface area contributed by atoms with Gasteiger partial charge in [0.25, 0.3) is 11.3 Å². The summed E-state index contributed by atoms with van der Waals surface area (Å²) in [6.07, 6.45) is 0. The van der Waals surface area contributed by atoms with Crippen molar-refractivity contribution in [3.8, 4) is 22.3 Å². The number of fused-ring (bicyclic) bond motifs is 3. The number of furan rings is 1. The monoisotopic (exact) mass is 533 g/mol. The lowest BCUT2D eigenvalue weighted by Crippen LogP contribution is -2.35. The van der Waals surface area contributed by atoms with Crippen LogP contribution < -0.4 is 4.31 Å². The molecular weight excluding hydrogens is 510 g/mol. The molecular formula is C32H23NO5S. The molecule has 0 saturated heterocycles. The van der Waals surface area contributed by atoms with Gasteiger partial charge in [0, 0.05) is 16.3 Å². The maximum atomic E-state index is 12.3. The average Bonchev–Trinajstić information content (AvgIpc) is 3.35. The van der Waals surface area contributed by atoms with Crippen LogP contribution in [0.25, 0.3) is 44.2 Å². The molecule has 6 aromatic rings. The number of carbonyl (C=O) groups is 1. The summed E-state index contributed by atoms with van der Waals surface area (Å²) in [7, 11) is 0. The van der Waals surface area contributed by atoms with Gasteiger partial charge in [0.05, 0.1) is 5.69 Å². The molecule has 39 heavy (non-hydrogen) atoms. The molecule has 0 saturated carbocycles. The van der Waals surface area contributed by atoms with Crippen LogP contribution in [0, 0.1) is 0 Å². The fourth-order valence-corrected chi connectivity index (χ4v) is 5.65. The predicted octanol–water partition coefficient (Wildman–Crippen LogP) is 7.69. The Hall–Kier alpha value is -4.72. The Morgan fingerprint density at radius 1 is 0.692 bits per heavy atom. The Morgan fingerprint density at radius 2 is 1.28 bits per heavy atom. The third kappa shape index (κ3) is 4.58. The van der Waals surface area contributed by atoms with E-state index in [0.29, 0.717) is 11.3 Å². The molecule has 7 heteroatoms. The lowest BCUT2D eigenvalue weighted by atomic mass is 9.98. The summed E-state index contributed by atoms with van der Waals surface area (Å²) in [4.78, 5) is 12.1. The number of carboxylic acid groups (broad SMARTS) is 1. The molecule has 0 aliphatic carbocycles. The first-order chi connectivity index (χ1) is 19.0. The van der Waals surface area contributed by atoms with Gasteiger partial charge in [0.1, 0.15) is 11.2 Å². The largest absolute Gasteiger partial charge is 0.479 e. The Morgan fingerprint density at radius 3 is 1.95 bits per heavy atom. The summed E-state index contributed by atoms with van der Waals surface area (Å²) >= 11 is -2.56. The quantitative estimate of drug-likeness (QED) is 0.205. The third-order valence-corrected chi connectivity index (χ3v) is 7.57. The average molecular weight is 534 g/mol. The van der Waals surface area contributed by atoms with Crippen molar-refractivity contribution in [2.45, 2.75) is 6.04 Å². The fraction of sp³-hybridized carbons (Fsp3) is 0.0312. The molecule has 2 N–H and O–H groups in total. The standard InChI is InChI=1S/C32H23NO5S/c34-32(35)30(24-7-2-1-3-8-24)33(39(36)37)25-19-17-22(18-20-25)21-13-15-23(16-14-21)26-10-6-11-28-27-9-4-5-12-29(27)38-31(26)28/h1-20,30H,(H,34,35)(H,36,37). The SMILES string of the molecule is O=C(O)C(c1ccccc1)N(c1ccc(-c2ccc(-c3cccc4c3oc3ccccc34)cc2)cc1)S(=O)O. The molecule has 2 unspecified atom stereocenters. The first kappa shape index (κ1) is 24.6. The van der Waals surface area contributed by atoms with Gasteiger partial charge in [-0.15, -0.1) is 0 Å². The summed E-state index contributed by atoms with van der Waals surface area (Å²) in [6.45, 7) is 0. The van der Waals surface area contributed by atoms with E-state index >= 15 is 0 Å². The van der Waals surface area contributed by atoms with Crippen molar-refractivity contribution in [2.24, 2.45) is 0 Å². The Balaban J connectivity index is 1.31. The normalized spacial score (nSPS) is 12.8. The minimum atomic E-state index is -2.56. The van der Waals surface area contributed by atoms with Crippen LogP contribution >= 0.6 is 0 Å². The van der Waals surface area contributed by atoms with Crippen molar-refractivity contribution in [1.29, 1.82) is 0 Å². The summed E-state index contributed by atoms with van der Waals surface area (Å²) in [6, 6.07) is 36.3. The van der Waals surface area contributed by atoms with Crippen LogP contribution in [0.2, 0.25) is 0 Å². The van der Waals surface area contributed by atoms with Crippen molar-refractivity contribution < 1.29 is 23.1 Å². The number of para-hydroxylation sites is 2. The maximum absolute atomic E-state index is 12.3. The number of benzene rings is 5. The van der Waals surface area contributed by atoms with Gasteiger partial charge >= 0.3 is 5.97 Å². The van der Waals surface area contributed by atoms with Crippen LogP contribution in [-0.4, -0.2) is 19.8 Å². The molecule has 0 aliphatic rings. The molecule has 0 fully saturated rings. The number of hydrogen-bond donors (Lipinski definition) is 2. The van der Waals surface area contributed by atoms with E-state index in [1.165, 1.54) is 0 Å². The Kier molecular flexibility index (Phi) is 6.44. The van der Waals surface area contributed by atoms with E-state index in [4.69, 9.17) is 4.42 Å². The highest BCUT2D eigenvalue weighted by atomic mass is 32.2. The topological polar surface area (TPSA) is 91.0 Å². The van der Waals surface area contributed by atoms with E-state index in [2.05, 4.69) is 12.1 Å². The lowest BCUT2D eigenvalue weighted by molar-refractivity contribution is -0.138. The van der Waals surface area contributed by atoms with Gasteiger partial charge < -0.3 is 9.52 Å². The molecule has 6 nitrogen and oxygen atoms in total. The molecule has 1 aromatic heterocycles. The second-order valence-electron chi connectivity index (χ2n) is 9.11. The number of rotatable bonds is 7. The van der Waals surface area contributed by atoms with Crippen LogP contribution in [0.4, 0.5) is 5.69 Å². The molecule has 0 spiro atoms. The predicted molar refractivity (Wildman–Crippen MR) is 155 cm³/mol. The van der Waals surface area contributed by atoms with Gasteiger partial charge in [0.2, 0.25) is 0 Å². The minimum Gasteiger partial charge on any atom is -0.479 e. The first-order valence-electron chi connectivity index (χ1n) is 12.3. The molecule has 6 rings (SSSR count). The highest BCUT2D eigenvalue weighted by Gasteiger charge is 2.31. The molecule has 0 amide bonds. The molecule has 1 heterocycles. The van der Waals surface area contributed by atoms with Crippen molar-refractivity contribution in [3.63, 3.8) is 0 Å². The van der Waals surface area contributed by atoms with Crippen LogP contribution in [0.1, 0.15) is 11.6 Å². The molecule has 0 bridgehead atoms. The number of carboxylic acids is 1. The Bertz CT molecular complexity index is 1810. The van der Waals surface area contributed by atoms with Gasteiger partial charge in [0.15, 0.2) is 6.04 Å². The van der Waals surface area contributed by atoms with E-state index < -0.39 is 23.3 Å².